The Balaban J connectivity index is 1.71. The second-order valence-electron chi connectivity index (χ2n) is 6.09. The zero-order valence-corrected chi connectivity index (χ0v) is 15.5. The van der Waals surface area contributed by atoms with E-state index in [1.165, 1.54) is 22.0 Å². The van der Waals surface area contributed by atoms with Crippen molar-refractivity contribution in [3.63, 3.8) is 0 Å². The van der Waals surface area contributed by atoms with Crippen molar-refractivity contribution in [2.75, 3.05) is 26.2 Å². The topological polar surface area (TPSA) is 77.9 Å². The molecule has 1 aliphatic heterocycles. The number of carboxylic acids is 1. The van der Waals surface area contributed by atoms with Crippen LogP contribution in [-0.4, -0.2) is 54.9 Å². The Morgan fingerprint density at radius 3 is 2.52 bits per heavy atom. The van der Waals surface area contributed by atoms with Crippen LogP contribution in [0.2, 0.25) is 0 Å². The molecular weight excluding hydrogens is 360 g/mol. The summed E-state index contributed by atoms with van der Waals surface area (Å²) in [6.45, 7) is 4.61. The molecule has 0 aliphatic carbocycles. The zero-order chi connectivity index (χ0) is 18.0. The van der Waals surface area contributed by atoms with Crippen molar-refractivity contribution in [1.29, 1.82) is 0 Å². The van der Waals surface area contributed by atoms with Gasteiger partial charge in [-0.3, -0.25) is 4.90 Å². The third-order valence-electron chi connectivity index (χ3n) is 4.39. The Kier molecular flexibility index (Phi) is 5.24. The predicted octanol–water partition coefficient (Wildman–Crippen LogP) is 2.26. The van der Waals surface area contributed by atoms with Crippen LogP contribution >= 0.6 is 11.3 Å². The van der Waals surface area contributed by atoms with E-state index in [1.54, 1.807) is 24.3 Å². The van der Waals surface area contributed by atoms with Gasteiger partial charge in [0.25, 0.3) is 0 Å². The number of rotatable bonds is 5. The molecule has 1 N–H and O–H groups in total. The van der Waals surface area contributed by atoms with E-state index < -0.39 is 16.0 Å². The fourth-order valence-electron chi connectivity index (χ4n) is 2.91. The van der Waals surface area contributed by atoms with Gasteiger partial charge in [-0.2, -0.15) is 15.6 Å². The first-order valence-corrected chi connectivity index (χ1v) is 10.3. The highest BCUT2D eigenvalue weighted by Gasteiger charge is 2.29. The van der Waals surface area contributed by atoms with Crippen molar-refractivity contribution in [1.82, 2.24) is 9.21 Å². The number of sulfonamides is 1. The third-order valence-corrected chi connectivity index (χ3v) is 7.02. The van der Waals surface area contributed by atoms with Crippen molar-refractivity contribution in [3.8, 4) is 0 Å². The molecule has 2 heterocycles. The number of hydrogen-bond donors (Lipinski definition) is 1. The van der Waals surface area contributed by atoms with Gasteiger partial charge >= 0.3 is 5.97 Å². The lowest BCUT2D eigenvalue weighted by atomic mass is 10.1. The van der Waals surface area contributed by atoms with E-state index in [0.29, 0.717) is 31.7 Å². The average molecular weight is 380 g/mol. The summed E-state index contributed by atoms with van der Waals surface area (Å²) in [6.07, 6.45) is 0. The van der Waals surface area contributed by atoms with Gasteiger partial charge in [-0.1, -0.05) is 6.07 Å². The Morgan fingerprint density at radius 2 is 1.92 bits per heavy atom. The monoisotopic (exact) mass is 380 g/mol. The van der Waals surface area contributed by atoms with Gasteiger partial charge in [0.2, 0.25) is 10.0 Å². The first kappa shape index (κ1) is 18.1. The molecule has 1 aliphatic rings. The Hall–Kier alpha value is -1.74. The SMILES string of the molecule is Cc1ccc(S(=O)(=O)N2CCN(Cc3ccsc3)CC2)cc1C(=O)O. The van der Waals surface area contributed by atoms with Gasteiger partial charge in [-0.05, 0) is 47.0 Å². The van der Waals surface area contributed by atoms with Gasteiger partial charge in [0.1, 0.15) is 0 Å². The van der Waals surface area contributed by atoms with Crippen LogP contribution in [-0.2, 0) is 16.6 Å². The van der Waals surface area contributed by atoms with Gasteiger partial charge in [0, 0.05) is 32.7 Å². The number of carboxylic acid groups (broad SMARTS) is 1. The molecule has 0 amide bonds. The molecule has 1 aromatic heterocycles. The normalized spacial score (nSPS) is 16.8. The number of nitrogens with zero attached hydrogens (tertiary/aromatic N) is 2. The van der Waals surface area contributed by atoms with E-state index >= 15 is 0 Å². The van der Waals surface area contributed by atoms with E-state index in [4.69, 9.17) is 0 Å². The molecule has 3 rings (SSSR count). The van der Waals surface area contributed by atoms with Crippen LogP contribution in [0.1, 0.15) is 21.5 Å². The van der Waals surface area contributed by atoms with Crippen molar-refractivity contribution in [2.24, 2.45) is 0 Å². The molecule has 0 spiro atoms. The summed E-state index contributed by atoms with van der Waals surface area (Å²) in [5.41, 5.74) is 1.81. The molecule has 0 bridgehead atoms. The van der Waals surface area contributed by atoms with Gasteiger partial charge < -0.3 is 5.11 Å². The molecule has 8 heteroatoms. The number of aromatic carboxylic acids is 1. The molecule has 6 nitrogen and oxygen atoms in total. The van der Waals surface area contributed by atoms with Crippen LogP contribution in [0.25, 0.3) is 0 Å². The number of thiophene rings is 1. The Labute approximate surface area is 151 Å². The molecule has 25 heavy (non-hydrogen) atoms. The Bertz CT molecular complexity index is 855. The van der Waals surface area contributed by atoms with Crippen LogP contribution in [0.5, 0.6) is 0 Å². The van der Waals surface area contributed by atoms with E-state index in [0.717, 1.165) is 6.54 Å². The van der Waals surface area contributed by atoms with Crippen molar-refractivity contribution in [3.05, 3.63) is 51.7 Å². The summed E-state index contributed by atoms with van der Waals surface area (Å²) in [7, 11) is -3.67. The van der Waals surface area contributed by atoms with Crippen LogP contribution in [0.4, 0.5) is 0 Å². The van der Waals surface area contributed by atoms with Crippen molar-refractivity contribution < 1.29 is 18.3 Å². The quantitative estimate of drug-likeness (QED) is 0.861. The first-order valence-electron chi connectivity index (χ1n) is 7.95. The highest BCUT2D eigenvalue weighted by molar-refractivity contribution is 7.89. The second kappa shape index (κ2) is 7.25. The molecule has 0 saturated carbocycles. The minimum atomic E-state index is -3.67. The van der Waals surface area contributed by atoms with E-state index in [1.807, 2.05) is 5.38 Å². The van der Waals surface area contributed by atoms with Gasteiger partial charge in [-0.15, -0.1) is 0 Å². The predicted molar refractivity (Wildman–Crippen MR) is 96.5 cm³/mol. The molecular formula is C17H20N2O4S2. The highest BCUT2D eigenvalue weighted by Crippen LogP contribution is 2.21. The molecule has 1 aromatic carbocycles. The molecule has 1 saturated heterocycles. The summed E-state index contributed by atoms with van der Waals surface area (Å²) in [6, 6.07) is 6.36. The maximum absolute atomic E-state index is 12.8. The summed E-state index contributed by atoms with van der Waals surface area (Å²) < 4.78 is 27.1. The van der Waals surface area contributed by atoms with Gasteiger partial charge in [0.05, 0.1) is 10.5 Å². The second-order valence-corrected chi connectivity index (χ2v) is 8.81. The summed E-state index contributed by atoms with van der Waals surface area (Å²) >= 11 is 1.65. The number of hydrogen-bond acceptors (Lipinski definition) is 5. The largest absolute Gasteiger partial charge is 0.478 e. The van der Waals surface area contributed by atoms with Crippen LogP contribution in [0, 0.1) is 6.92 Å². The molecule has 2 aromatic rings. The van der Waals surface area contributed by atoms with Crippen molar-refractivity contribution >= 4 is 27.3 Å². The minimum Gasteiger partial charge on any atom is -0.478 e. The lowest BCUT2D eigenvalue weighted by molar-refractivity contribution is 0.0696. The lowest BCUT2D eigenvalue weighted by Gasteiger charge is -2.33. The summed E-state index contributed by atoms with van der Waals surface area (Å²) in [5.74, 6) is -1.12. The molecule has 134 valence electrons. The highest BCUT2D eigenvalue weighted by atomic mass is 32.2. The van der Waals surface area contributed by atoms with Gasteiger partial charge in [0.15, 0.2) is 0 Å². The number of benzene rings is 1. The first-order chi connectivity index (χ1) is 11.9. The summed E-state index contributed by atoms with van der Waals surface area (Å²) in [5, 5.41) is 13.3. The number of piperazine rings is 1. The fraction of sp³-hybridized carbons (Fsp3) is 0.353. The standard InChI is InChI=1S/C17H20N2O4S2/c1-13-2-3-15(10-16(13)17(20)21)25(22,23)19-7-5-18(6-8-19)11-14-4-9-24-12-14/h2-4,9-10,12H,5-8,11H2,1H3,(H,20,21). The number of carbonyl (C=O) groups is 1. The minimum absolute atomic E-state index is 0.0252. The van der Waals surface area contributed by atoms with E-state index in [9.17, 15) is 18.3 Å². The Morgan fingerprint density at radius 1 is 1.20 bits per heavy atom. The average Bonchev–Trinajstić information content (AvgIpc) is 3.08. The number of aryl methyl sites for hydroxylation is 1. The van der Waals surface area contributed by atoms with E-state index in [-0.39, 0.29) is 10.5 Å². The molecule has 0 atom stereocenters. The van der Waals surface area contributed by atoms with Gasteiger partial charge in [-0.25, -0.2) is 13.2 Å². The molecule has 0 unspecified atom stereocenters. The van der Waals surface area contributed by atoms with Crippen molar-refractivity contribution in [2.45, 2.75) is 18.4 Å². The van der Waals surface area contributed by atoms with Crippen LogP contribution in [0.3, 0.4) is 0 Å². The fourth-order valence-corrected chi connectivity index (χ4v) is 5.02. The molecule has 0 radical (unpaired) electrons. The smallest absolute Gasteiger partial charge is 0.335 e. The third kappa shape index (κ3) is 3.92. The van der Waals surface area contributed by atoms with E-state index in [2.05, 4.69) is 16.3 Å². The molecule has 1 fully saturated rings. The maximum atomic E-state index is 12.8. The lowest BCUT2D eigenvalue weighted by Crippen LogP contribution is -2.48. The van der Waals surface area contributed by atoms with Crippen LogP contribution in [0.15, 0.2) is 39.9 Å². The zero-order valence-electron chi connectivity index (χ0n) is 13.9. The maximum Gasteiger partial charge on any atom is 0.335 e. The van der Waals surface area contributed by atoms with Crippen LogP contribution < -0.4 is 0 Å². The summed E-state index contributed by atoms with van der Waals surface area (Å²) in [4.78, 5) is 13.5.